The fourth-order valence-corrected chi connectivity index (χ4v) is 3.92. The van der Waals surface area contributed by atoms with Crippen LogP contribution in [-0.2, 0) is 9.53 Å². The average Bonchev–Trinajstić information content (AvgIpc) is 2.92. The van der Waals surface area contributed by atoms with Crippen LogP contribution < -0.4 is 19.4 Å². The summed E-state index contributed by atoms with van der Waals surface area (Å²) in [5.74, 6) is 0.897. The number of carbonyl (C=O) groups excluding carboxylic acids is 1. The van der Waals surface area contributed by atoms with Crippen molar-refractivity contribution in [2.45, 2.75) is 20.3 Å². The molecule has 0 bridgehead atoms. The van der Waals surface area contributed by atoms with Gasteiger partial charge in [-0.05, 0) is 65.3 Å². The van der Waals surface area contributed by atoms with Crippen LogP contribution in [0.5, 0.6) is 11.5 Å². The largest absolute Gasteiger partial charge is 0.493 e. The molecule has 8 heteroatoms. The van der Waals surface area contributed by atoms with E-state index in [0.717, 1.165) is 21.0 Å². The quantitative estimate of drug-likeness (QED) is 0.508. The molecule has 0 saturated carbocycles. The molecule has 0 unspecified atom stereocenters. The summed E-state index contributed by atoms with van der Waals surface area (Å²) in [6.45, 7) is 4.74. The number of esters is 1. The second-order valence-electron chi connectivity index (χ2n) is 5.22. The Morgan fingerprint density at radius 1 is 1.38 bits per heavy atom. The highest BCUT2D eigenvalue weighted by atomic mass is 79.9. The number of rotatable bonds is 7. The SMILES string of the molecule is CCCOc1c(Br)cc(/C=c2/sc(=S)[nH]/c2=C\C(=O)OCC)cc1OC. The van der Waals surface area contributed by atoms with Gasteiger partial charge in [-0.15, -0.1) is 11.3 Å². The summed E-state index contributed by atoms with van der Waals surface area (Å²) in [4.78, 5) is 14.8. The van der Waals surface area contributed by atoms with E-state index in [-0.39, 0.29) is 0 Å². The third-order valence-electron chi connectivity index (χ3n) is 3.25. The van der Waals surface area contributed by atoms with Gasteiger partial charge in [-0.2, -0.15) is 0 Å². The maximum absolute atomic E-state index is 11.7. The van der Waals surface area contributed by atoms with E-state index in [1.54, 1.807) is 14.0 Å². The molecule has 0 atom stereocenters. The lowest BCUT2D eigenvalue weighted by molar-refractivity contribution is -0.135. The molecule has 0 amide bonds. The second-order valence-corrected chi connectivity index (χ2v) is 7.79. The molecule has 0 aliphatic carbocycles. The molecule has 0 aliphatic heterocycles. The summed E-state index contributed by atoms with van der Waals surface area (Å²) in [5.41, 5.74) is 0.890. The molecule has 0 radical (unpaired) electrons. The number of nitrogens with one attached hydrogen (secondary N) is 1. The lowest BCUT2D eigenvalue weighted by atomic mass is 10.2. The zero-order chi connectivity index (χ0) is 19.1. The maximum atomic E-state index is 11.7. The molecule has 0 aliphatic rings. The van der Waals surface area contributed by atoms with Crippen molar-refractivity contribution in [3.63, 3.8) is 0 Å². The van der Waals surface area contributed by atoms with Crippen LogP contribution >= 0.6 is 39.5 Å². The lowest BCUT2D eigenvalue weighted by Crippen LogP contribution is -2.23. The molecule has 1 heterocycles. The highest BCUT2D eigenvalue weighted by Crippen LogP contribution is 2.36. The number of hydrogen-bond acceptors (Lipinski definition) is 6. The van der Waals surface area contributed by atoms with Gasteiger partial charge in [0.2, 0.25) is 0 Å². The van der Waals surface area contributed by atoms with Crippen LogP contribution in [0.4, 0.5) is 0 Å². The van der Waals surface area contributed by atoms with Crippen LogP contribution in [0.2, 0.25) is 0 Å². The Kier molecular flexibility index (Phi) is 7.86. The van der Waals surface area contributed by atoms with Gasteiger partial charge in [-0.1, -0.05) is 6.92 Å². The van der Waals surface area contributed by atoms with Gasteiger partial charge >= 0.3 is 5.97 Å². The Balaban J connectivity index is 2.52. The summed E-state index contributed by atoms with van der Waals surface area (Å²) in [5, 5.41) is 0.625. The minimum Gasteiger partial charge on any atom is -0.493 e. The highest BCUT2D eigenvalue weighted by Gasteiger charge is 2.11. The van der Waals surface area contributed by atoms with Crippen LogP contribution in [0.3, 0.4) is 0 Å². The number of thiazole rings is 1. The summed E-state index contributed by atoms with van der Waals surface area (Å²) in [6.07, 6.45) is 4.24. The van der Waals surface area contributed by atoms with Crippen LogP contribution in [0, 0.1) is 3.95 Å². The van der Waals surface area contributed by atoms with Gasteiger partial charge in [-0.3, -0.25) is 0 Å². The second kappa shape index (κ2) is 9.89. The first-order valence-electron chi connectivity index (χ1n) is 8.08. The molecule has 0 saturated heterocycles. The zero-order valence-electron chi connectivity index (χ0n) is 14.8. The minimum absolute atomic E-state index is 0.322. The van der Waals surface area contributed by atoms with E-state index in [1.807, 2.05) is 25.1 Å². The Morgan fingerprint density at radius 2 is 2.15 bits per heavy atom. The first kappa shape index (κ1) is 20.7. The summed E-state index contributed by atoms with van der Waals surface area (Å²) >= 11 is 10.1. The van der Waals surface area contributed by atoms with Gasteiger partial charge in [0.05, 0.1) is 34.7 Å². The van der Waals surface area contributed by atoms with Gasteiger partial charge in [0.15, 0.2) is 15.5 Å². The van der Waals surface area contributed by atoms with E-state index >= 15 is 0 Å². The van der Waals surface area contributed by atoms with Gasteiger partial charge in [-0.25, -0.2) is 4.79 Å². The molecule has 140 valence electrons. The highest BCUT2D eigenvalue weighted by molar-refractivity contribution is 9.10. The zero-order valence-corrected chi connectivity index (χ0v) is 18.0. The number of ether oxygens (including phenoxy) is 3. The van der Waals surface area contributed by atoms with E-state index < -0.39 is 5.97 Å². The molecular formula is C18H20BrNO4S2. The number of hydrogen-bond donors (Lipinski definition) is 1. The predicted molar refractivity (Wildman–Crippen MR) is 110 cm³/mol. The van der Waals surface area contributed by atoms with Crippen LogP contribution in [0.15, 0.2) is 16.6 Å². The standard InChI is InChI=1S/C18H20BrNO4S2/c1-4-6-24-17-12(19)7-11(8-14(17)22-3)9-15-13(20-18(25)26-15)10-16(21)23-5-2/h7-10H,4-6H2,1-3H3,(H,20,25)/b13-10-,15-9+. The smallest absolute Gasteiger partial charge is 0.332 e. The minimum atomic E-state index is -0.409. The molecule has 2 rings (SSSR count). The number of benzene rings is 1. The van der Waals surface area contributed by atoms with Crippen LogP contribution in [-0.4, -0.2) is 31.3 Å². The first-order chi connectivity index (χ1) is 12.5. The maximum Gasteiger partial charge on any atom is 0.332 e. The van der Waals surface area contributed by atoms with Crippen molar-refractivity contribution in [2.75, 3.05) is 20.3 Å². The van der Waals surface area contributed by atoms with Gasteiger partial charge in [0.1, 0.15) is 0 Å². The van der Waals surface area contributed by atoms with E-state index in [4.69, 9.17) is 26.4 Å². The molecule has 26 heavy (non-hydrogen) atoms. The molecule has 1 aromatic heterocycles. The molecule has 2 aromatic rings. The van der Waals surface area contributed by atoms with Crippen molar-refractivity contribution >= 4 is 57.6 Å². The fourth-order valence-electron chi connectivity index (χ4n) is 2.19. The Morgan fingerprint density at radius 3 is 2.81 bits per heavy atom. The normalized spacial score (nSPS) is 12.3. The Bertz CT molecular complexity index is 949. The molecular weight excluding hydrogens is 438 g/mol. The van der Waals surface area contributed by atoms with Gasteiger partial charge in [0, 0.05) is 6.08 Å². The lowest BCUT2D eigenvalue weighted by Gasteiger charge is -2.12. The van der Waals surface area contributed by atoms with E-state index in [9.17, 15) is 4.79 Å². The van der Waals surface area contributed by atoms with Crippen molar-refractivity contribution in [3.8, 4) is 11.5 Å². The molecule has 0 spiro atoms. The summed E-state index contributed by atoms with van der Waals surface area (Å²) < 4.78 is 18.4. The van der Waals surface area contributed by atoms with E-state index in [0.29, 0.717) is 34.0 Å². The number of H-pyrrole nitrogens is 1. The first-order valence-corrected chi connectivity index (χ1v) is 10.1. The summed E-state index contributed by atoms with van der Waals surface area (Å²) in [7, 11) is 1.60. The van der Waals surface area contributed by atoms with Crippen molar-refractivity contribution in [3.05, 3.63) is 36.0 Å². The molecule has 0 fully saturated rings. The third kappa shape index (κ3) is 5.43. The van der Waals surface area contributed by atoms with Crippen LogP contribution in [0.25, 0.3) is 12.2 Å². The number of methoxy groups -OCH3 is 1. The van der Waals surface area contributed by atoms with Gasteiger partial charge in [0.25, 0.3) is 0 Å². The molecule has 1 N–H and O–H groups in total. The average molecular weight is 458 g/mol. The predicted octanol–water partition coefficient (Wildman–Crippen LogP) is 3.54. The number of halogens is 1. The topological polar surface area (TPSA) is 60.6 Å². The Labute approximate surface area is 169 Å². The van der Waals surface area contributed by atoms with Crippen molar-refractivity contribution in [1.29, 1.82) is 0 Å². The number of carbonyl (C=O) groups is 1. The van der Waals surface area contributed by atoms with Crippen molar-refractivity contribution in [2.24, 2.45) is 0 Å². The van der Waals surface area contributed by atoms with E-state index in [1.165, 1.54) is 17.4 Å². The molecule has 5 nitrogen and oxygen atoms in total. The van der Waals surface area contributed by atoms with E-state index in [2.05, 4.69) is 20.9 Å². The fraction of sp³-hybridized carbons (Fsp3) is 0.333. The third-order valence-corrected chi connectivity index (χ3v) is 5.04. The number of aromatic amines is 1. The monoisotopic (exact) mass is 457 g/mol. The van der Waals surface area contributed by atoms with Gasteiger partial charge < -0.3 is 19.2 Å². The van der Waals surface area contributed by atoms with Crippen molar-refractivity contribution < 1.29 is 19.0 Å². The summed E-state index contributed by atoms with van der Waals surface area (Å²) in [6, 6.07) is 3.82. The molecule has 1 aromatic carbocycles. The number of aromatic nitrogens is 1. The Hall–Kier alpha value is -1.64. The van der Waals surface area contributed by atoms with Crippen LogP contribution in [0.1, 0.15) is 25.8 Å². The van der Waals surface area contributed by atoms with Crippen molar-refractivity contribution in [1.82, 2.24) is 4.98 Å².